The first kappa shape index (κ1) is 30.9. The normalized spacial score (nSPS) is 13.5. The molecule has 0 bridgehead atoms. The van der Waals surface area contributed by atoms with Gasteiger partial charge in [0.1, 0.15) is 5.75 Å². The first-order valence-corrected chi connectivity index (χ1v) is 11.7. The van der Waals surface area contributed by atoms with Gasteiger partial charge in [0.2, 0.25) is 0 Å². The third-order valence-electron chi connectivity index (χ3n) is 6.00. The van der Waals surface area contributed by atoms with Crippen LogP contribution in [0.1, 0.15) is 11.1 Å². The van der Waals surface area contributed by atoms with Gasteiger partial charge in [0, 0.05) is 56.5 Å². The van der Waals surface area contributed by atoms with E-state index in [1.54, 1.807) is 27.4 Å². The molecule has 2 aromatic rings. The lowest BCUT2D eigenvalue weighted by Crippen LogP contribution is -2.45. The van der Waals surface area contributed by atoms with Crippen LogP contribution in [0.2, 0.25) is 0 Å². The van der Waals surface area contributed by atoms with Crippen molar-refractivity contribution >= 4 is 17.6 Å². The third-order valence-corrected chi connectivity index (χ3v) is 6.00. The van der Waals surface area contributed by atoms with E-state index in [1.807, 2.05) is 12.1 Å². The van der Waals surface area contributed by atoms with Crippen molar-refractivity contribution in [2.75, 3.05) is 61.7 Å². The molecule has 0 aliphatic carbocycles. The van der Waals surface area contributed by atoms with E-state index in [1.165, 1.54) is 20.3 Å². The third kappa shape index (κ3) is 8.35. The molecule has 0 aromatic heterocycles. The van der Waals surface area contributed by atoms with Crippen molar-refractivity contribution in [1.29, 1.82) is 0 Å². The van der Waals surface area contributed by atoms with E-state index in [2.05, 4.69) is 9.80 Å². The minimum absolute atomic E-state index is 0.0325. The lowest BCUT2D eigenvalue weighted by molar-refractivity contribution is -0.385. The fraction of sp³-hybridized carbons (Fsp3) is 0.440. The van der Waals surface area contributed by atoms with Crippen molar-refractivity contribution in [3.8, 4) is 28.7 Å². The van der Waals surface area contributed by atoms with Crippen LogP contribution in [0.4, 0.5) is 5.69 Å². The zero-order chi connectivity index (χ0) is 29.1. The zero-order valence-corrected chi connectivity index (χ0v) is 22.5. The second-order valence-electron chi connectivity index (χ2n) is 8.27. The minimum atomic E-state index is -1.82. The van der Waals surface area contributed by atoms with E-state index >= 15 is 0 Å². The number of carbonyl (C=O) groups is 2. The highest BCUT2D eigenvalue weighted by molar-refractivity contribution is 6.27. The standard InChI is InChI=1S/C23H31N3O7.C2H2O4/c1-29-19-13-23(33-5)21(31-3)11-17(19)15-25-8-6-24(7-9-25)14-16-10-20(30-2)22(32-4)12-18(16)26(27)28;3-1(4)2(5)6/h10-13H,6-9,14-15H2,1-5H3;(H,3,4)(H,5,6). The lowest BCUT2D eigenvalue weighted by atomic mass is 10.1. The van der Waals surface area contributed by atoms with E-state index in [-0.39, 0.29) is 10.6 Å². The SMILES string of the molecule is COc1cc(OC)c(OC)cc1CN1CCN(Cc2cc(OC)c(OC)cc2[N+](=O)[O-])CC1.O=C(O)C(=O)O. The molecule has 0 radical (unpaired) electrons. The van der Waals surface area contributed by atoms with Crippen LogP contribution < -0.4 is 23.7 Å². The Kier molecular flexibility index (Phi) is 11.6. The number of piperazine rings is 1. The van der Waals surface area contributed by atoms with Gasteiger partial charge in [0.25, 0.3) is 5.69 Å². The Balaban J connectivity index is 0.000000798. The Morgan fingerprint density at radius 2 is 1.05 bits per heavy atom. The summed E-state index contributed by atoms with van der Waals surface area (Å²) in [5.74, 6) is -0.785. The average molecular weight is 552 g/mol. The molecule has 1 saturated heterocycles. The van der Waals surface area contributed by atoms with E-state index in [4.69, 9.17) is 43.5 Å². The van der Waals surface area contributed by atoms with E-state index in [0.29, 0.717) is 41.7 Å². The number of ether oxygens (including phenoxy) is 5. The van der Waals surface area contributed by atoms with Crippen LogP contribution in [0.25, 0.3) is 0 Å². The predicted octanol–water partition coefficient (Wildman–Crippen LogP) is 2.11. The summed E-state index contributed by atoms with van der Waals surface area (Å²) in [4.78, 5) is 33.9. The van der Waals surface area contributed by atoms with Crippen LogP contribution in [-0.4, -0.2) is 98.6 Å². The maximum atomic E-state index is 11.6. The van der Waals surface area contributed by atoms with Gasteiger partial charge in [0.05, 0.1) is 46.5 Å². The van der Waals surface area contributed by atoms with Gasteiger partial charge >= 0.3 is 11.9 Å². The number of aliphatic carboxylic acids is 2. The number of carboxylic acid groups (broad SMARTS) is 2. The number of methoxy groups -OCH3 is 5. The number of rotatable bonds is 10. The van der Waals surface area contributed by atoms with Gasteiger partial charge in [-0.1, -0.05) is 0 Å². The number of carboxylic acids is 2. The van der Waals surface area contributed by atoms with Gasteiger partial charge in [-0.05, 0) is 12.1 Å². The number of nitro benzene ring substituents is 1. The highest BCUT2D eigenvalue weighted by Crippen LogP contribution is 2.36. The summed E-state index contributed by atoms with van der Waals surface area (Å²) in [6, 6.07) is 6.89. The summed E-state index contributed by atoms with van der Waals surface area (Å²) >= 11 is 0. The molecule has 14 heteroatoms. The van der Waals surface area contributed by atoms with E-state index < -0.39 is 11.9 Å². The Labute approximate surface area is 225 Å². The molecule has 0 atom stereocenters. The van der Waals surface area contributed by atoms with Crippen molar-refractivity contribution in [3.05, 3.63) is 45.5 Å². The Morgan fingerprint density at radius 1 is 0.692 bits per heavy atom. The summed E-state index contributed by atoms with van der Waals surface area (Å²) in [7, 11) is 7.83. The van der Waals surface area contributed by atoms with Crippen molar-refractivity contribution in [1.82, 2.24) is 9.80 Å². The van der Waals surface area contributed by atoms with Crippen LogP contribution in [0.5, 0.6) is 28.7 Å². The topological polar surface area (TPSA) is 170 Å². The Morgan fingerprint density at radius 3 is 1.44 bits per heavy atom. The van der Waals surface area contributed by atoms with Gasteiger partial charge in [0.15, 0.2) is 23.0 Å². The minimum Gasteiger partial charge on any atom is -0.496 e. The van der Waals surface area contributed by atoms with Crippen molar-refractivity contribution < 1.29 is 48.4 Å². The quantitative estimate of drug-likeness (QED) is 0.250. The second-order valence-corrected chi connectivity index (χ2v) is 8.27. The Bertz CT molecular complexity index is 1150. The van der Waals surface area contributed by atoms with Crippen LogP contribution in [0.15, 0.2) is 24.3 Å². The van der Waals surface area contributed by atoms with E-state index in [9.17, 15) is 10.1 Å². The average Bonchev–Trinajstić information content (AvgIpc) is 2.93. The summed E-state index contributed by atoms with van der Waals surface area (Å²) in [6.45, 7) is 4.36. The Hall–Kier alpha value is -4.30. The molecule has 3 rings (SSSR count). The highest BCUT2D eigenvalue weighted by atomic mass is 16.6. The molecule has 0 amide bonds. The summed E-state index contributed by atoms with van der Waals surface area (Å²) in [5, 5.41) is 26.4. The number of nitrogens with zero attached hydrogens (tertiary/aromatic N) is 3. The smallest absolute Gasteiger partial charge is 0.414 e. The van der Waals surface area contributed by atoms with Crippen LogP contribution in [0, 0.1) is 10.1 Å². The molecule has 39 heavy (non-hydrogen) atoms. The largest absolute Gasteiger partial charge is 0.496 e. The van der Waals surface area contributed by atoms with Crippen LogP contribution in [-0.2, 0) is 22.7 Å². The molecule has 0 saturated carbocycles. The molecule has 0 spiro atoms. The summed E-state index contributed by atoms with van der Waals surface area (Å²) < 4.78 is 26.9. The van der Waals surface area contributed by atoms with Crippen LogP contribution in [0.3, 0.4) is 0 Å². The van der Waals surface area contributed by atoms with Gasteiger partial charge in [-0.2, -0.15) is 0 Å². The first-order valence-electron chi connectivity index (χ1n) is 11.7. The molecule has 214 valence electrons. The maximum absolute atomic E-state index is 11.6. The van der Waals surface area contributed by atoms with Gasteiger partial charge < -0.3 is 33.9 Å². The molecule has 2 aromatic carbocycles. The molecule has 2 N–H and O–H groups in total. The fourth-order valence-electron chi connectivity index (χ4n) is 4.01. The molecule has 1 aliphatic heterocycles. The fourth-order valence-corrected chi connectivity index (χ4v) is 4.01. The number of hydrogen-bond donors (Lipinski definition) is 2. The van der Waals surface area contributed by atoms with E-state index in [0.717, 1.165) is 37.5 Å². The van der Waals surface area contributed by atoms with Crippen molar-refractivity contribution in [3.63, 3.8) is 0 Å². The second kappa shape index (κ2) is 14.6. The van der Waals surface area contributed by atoms with Crippen LogP contribution >= 0.6 is 0 Å². The first-order chi connectivity index (χ1) is 18.6. The monoisotopic (exact) mass is 551 g/mol. The van der Waals surface area contributed by atoms with Gasteiger partial charge in [-0.3, -0.25) is 19.9 Å². The number of nitro groups is 1. The highest BCUT2D eigenvalue weighted by Gasteiger charge is 2.24. The molecule has 1 fully saturated rings. The molecule has 0 unspecified atom stereocenters. The van der Waals surface area contributed by atoms with Crippen molar-refractivity contribution in [2.45, 2.75) is 13.1 Å². The lowest BCUT2D eigenvalue weighted by Gasteiger charge is -2.35. The maximum Gasteiger partial charge on any atom is 0.414 e. The van der Waals surface area contributed by atoms with Gasteiger partial charge in [-0.25, -0.2) is 9.59 Å². The molecule has 1 aliphatic rings. The molecular formula is C25H33N3O11. The number of benzene rings is 2. The molecule has 1 heterocycles. The summed E-state index contributed by atoms with van der Waals surface area (Å²) in [5.41, 5.74) is 1.65. The number of hydrogen-bond acceptors (Lipinski definition) is 11. The van der Waals surface area contributed by atoms with Gasteiger partial charge in [-0.15, -0.1) is 0 Å². The predicted molar refractivity (Wildman–Crippen MR) is 138 cm³/mol. The zero-order valence-electron chi connectivity index (χ0n) is 22.5. The molecule has 14 nitrogen and oxygen atoms in total. The summed E-state index contributed by atoms with van der Waals surface area (Å²) in [6.07, 6.45) is 0. The van der Waals surface area contributed by atoms with Crippen molar-refractivity contribution in [2.24, 2.45) is 0 Å². The molecular weight excluding hydrogens is 518 g/mol.